The SMILES string of the molecule is CCNCCC(C)(O)c1ccc(F)cc1. The fraction of sp³-hybridized carbons (Fsp3) is 0.500. The zero-order chi connectivity index (χ0) is 11.3. The third-order valence-electron chi connectivity index (χ3n) is 2.50. The van der Waals surface area contributed by atoms with Crippen molar-refractivity contribution in [3.63, 3.8) is 0 Å². The standard InChI is InChI=1S/C12H18FNO/c1-3-14-9-8-12(2,15)10-4-6-11(13)7-5-10/h4-7,14-15H,3,8-9H2,1-2H3. The lowest BCUT2D eigenvalue weighted by Crippen LogP contribution is -2.27. The van der Waals surface area contributed by atoms with E-state index in [1.165, 1.54) is 12.1 Å². The second-order valence-corrected chi connectivity index (χ2v) is 3.88. The van der Waals surface area contributed by atoms with Gasteiger partial charge in [0.1, 0.15) is 5.82 Å². The summed E-state index contributed by atoms with van der Waals surface area (Å²) in [5.41, 5.74) is -0.141. The first-order valence-corrected chi connectivity index (χ1v) is 5.25. The topological polar surface area (TPSA) is 32.3 Å². The number of aliphatic hydroxyl groups is 1. The molecular weight excluding hydrogens is 193 g/mol. The van der Waals surface area contributed by atoms with Crippen molar-refractivity contribution in [1.29, 1.82) is 0 Å². The Labute approximate surface area is 90.1 Å². The van der Waals surface area contributed by atoms with E-state index in [1.54, 1.807) is 19.1 Å². The molecule has 15 heavy (non-hydrogen) atoms. The van der Waals surface area contributed by atoms with Crippen LogP contribution < -0.4 is 5.32 Å². The first-order valence-electron chi connectivity index (χ1n) is 5.25. The van der Waals surface area contributed by atoms with E-state index < -0.39 is 5.60 Å². The van der Waals surface area contributed by atoms with Crippen LogP contribution in [-0.4, -0.2) is 18.2 Å². The van der Waals surface area contributed by atoms with Crippen molar-refractivity contribution < 1.29 is 9.50 Å². The Balaban J connectivity index is 2.63. The van der Waals surface area contributed by atoms with Crippen LogP contribution >= 0.6 is 0 Å². The van der Waals surface area contributed by atoms with Crippen LogP contribution in [0.5, 0.6) is 0 Å². The summed E-state index contributed by atoms with van der Waals surface area (Å²) in [5.74, 6) is -0.277. The average Bonchev–Trinajstić information content (AvgIpc) is 2.18. The predicted octanol–water partition coefficient (Wildman–Crippen LogP) is 2.03. The molecule has 1 atom stereocenters. The Hall–Kier alpha value is -0.930. The lowest BCUT2D eigenvalue weighted by Gasteiger charge is -2.23. The molecule has 1 unspecified atom stereocenters. The summed E-state index contributed by atoms with van der Waals surface area (Å²) in [6.07, 6.45) is 0.618. The highest BCUT2D eigenvalue weighted by Crippen LogP contribution is 2.23. The highest BCUT2D eigenvalue weighted by molar-refractivity contribution is 5.22. The molecule has 3 heteroatoms. The third-order valence-corrected chi connectivity index (χ3v) is 2.50. The Bertz CT molecular complexity index is 295. The number of rotatable bonds is 5. The number of hydrogen-bond donors (Lipinski definition) is 2. The van der Waals surface area contributed by atoms with Gasteiger partial charge in [0.15, 0.2) is 0 Å². The molecule has 84 valence electrons. The van der Waals surface area contributed by atoms with Gasteiger partial charge in [0.25, 0.3) is 0 Å². The maximum absolute atomic E-state index is 12.7. The van der Waals surface area contributed by atoms with Crippen molar-refractivity contribution in [3.8, 4) is 0 Å². The van der Waals surface area contributed by atoms with E-state index in [0.717, 1.165) is 18.7 Å². The lowest BCUT2D eigenvalue weighted by atomic mass is 9.92. The lowest BCUT2D eigenvalue weighted by molar-refractivity contribution is 0.0481. The molecule has 0 aliphatic carbocycles. The van der Waals surface area contributed by atoms with E-state index >= 15 is 0 Å². The number of nitrogens with one attached hydrogen (secondary N) is 1. The Kier molecular flexibility index (Phi) is 4.24. The van der Waals surface area contributed by atoms with E-state index in [1.807, 2.05) is 6.92 Å². The number of benzene rings is 1. The second-order valence-electron chi connectivity index (χ2n) is 3.88. The maximum atomic E-state index is 12.7. The normalized spacial score (nSPS) is 14.9. The summed E-state index contributed by atoms with van der Waals surface area (Å²) in [6, 6.07) is 6.00. The zero-order valence-electron chi connectivity index (χ0n) is 9.26. The van der Waals surface area contributed by atoms with Crippen LogP contribution in [0.4, 0.5) is 4.39 Å². The van der Waals surface area contributed by atoms with Gasteiger partial charge in [0.05, 0.1) is 5.60 Å². The molecule has 1 aromatic carbocycles. The van der Waals surface area contributed by atoms with Gasteiger partial charge in [-0.15, -0.1) is 0 Å². The molecule has 0 spiro atoms. The maximum Gasteiger partial charge on any atom is 0.123 e. The Morgan fingerprint density at radius 2 is 1.93 bits per heavy atom. The van der Waals surface area contributed by atoms with Crippen molar-refractivity contribution >= 4 is 0 Å². The van der Waals surface area contributed by atoms with Crippen molar-refractivity contribution in [2.24, 2.45) is 0 Å². The molecule has 1 rings (SSSR count). The predicted molar refractivity (Wildman–Crippen MR) is 59.1 cm³/mol. The van der Waals surface area contributed by atoms with E-state index in [4.69, 9.17) is 0 Å². The van der Waals surface area contributed by atoms with Gasteiger partial charge in [-0.3, -0.25) is 0 Å². The average molecular weight is 211 g/mol. The summed E-state index contributed by atoms with van der Waals surface area (Å²) < 4.78 is 12.7. The van der Waals surface area contributed by atoms with Crippen molar-refractivity contribution in [1.82, 2.24) is 5.32 Å². The number of halogens is 1. The molecule has 1 aromatic rings. The van der Waals surface area contributed by atoms with Gasteiger partial charge in [-0.1, -0.05) is 19.1 Å². The first-order chi connectivity index (χ1) is 7.06. The summed E-state index contributed by atoms with van der Waals surface area (Å²) >= 11 is 0. The molecule has 0 heterocycles. The van der Waals surface area contributed by atoms with Crippen LogP contribution in [0.15, 0.2) is 24.3 Å². The van der Waals surface area contributed by atoms with Gasteiger partial charge in [-0.25, -0.2) is 4.39 Å². The smallest absolute Gasteiger partial charge is 0.123 e. The molecule has 0 saturated heterocycles. The Morgan fingerprint density at radius 1 is 1.33 bits per heavy atom. The number of hydrogen-bond acceptors (Lipinski definition) is 2. The quantitative estimate of drug-likeness (QED) is 0.730. The van der Waals surface area contributed by atoms with E-state index in [0.29, 0.717) is 6.42 Å². The largest absolute Gasteiger partial charge is 0.385 e. The van der Waals surface area contributed by atoms with E-state index in [2.05, 4.69) is 5.32 Å². The van der Waals surface area contributed by atoms with Crippen LogP contribution in [0.3, 0.4) is 0 Å². The molecule has 0 amide bonds. The molecular formula is C12H18FNO. The molecule has 2 N–H and O–H groups in total. The molecule has 0 aliphatic rings. The molecule has 0 aliphatic heterocycles. The monoisotopic (exact) mass is 211 g/mol. The highest BCUT2D eigenvalue weighted by atomic mass is 19.1. The Morgan fingerprint density at radius 3 is 2.47 bits per heavy atom. The fourth-order valence-electron chi connectivity index (χ4n) is 1.46. The summed E-state index contributed by atoms with van der Waals surface area (Å²) in [6.45, 7) is 5.41. The van der Waals surface area contributed by atoms with Gasteiger partial charge >= 0.3 is 0 Å². The van der Waals surface area contributed by atoms with Crippen LogP contribution in [0, 0.1) is 5.82 Å². The van der Waals surface area contributed by atoms with Gasteiger partial charge in [-0.2, -0.15) is 0 Å². The van der Waals surface area contributed by atoms with Gasteiger partial charge in [0.2, 0.25) is 0 Å². The van der Waals surface area contributed by atoms with Crippen molar-refractivity contribution in [3.05, 3.63) is 35.6 Å². The molecule has 0 aromatic heterocycles. The molecule has 0 bridgehead atoms. The van der Waals surface area contributed by atoms with Crippen LogP contribution in [0.25, 0.3) is 0 Å². The van der Waals surface area contributed by atoms with Gasteiger partial charge in [-0.05, 0) is 44.1 Å². The van der Waals surface area contributed by atoms with E-state index in [9.17, 15) is 9.50 Å². The fourth-order valence-corrected chi connectivity index (χ4v) is 1.46. The van der Waals surface area contributed by atoms with Crippen LogP contribution in [-0.2, 0) is 5.60 Å². The molecule has 2 nitrogen and oxygen atoms in total. The minimum absolute atomic E-state index is 0.277. The van der Waals surface area contributed by atoms with E-state index in [-0.39, 0.29) is 5.82 Å². The minimum Gasteiger partial charge on any atom is -0.385 e. The molecule has 0 fully saturated rings. The molecule has 0 saturated carbocycles. The summed E-state index contributed by atoms with van der Waals surface area (Å²) in [5, 5.41) is 13.3. The second kappa shape index (κ2) is 5.24. The molecule has 0 radical (unpaired) electrons. The minimum atomic E-state index is -0.893. The van der Waals surface area contributed by atoms with Gasteiger partial charge in [0, 0.05) is 0 Å². The van der Waals surface area contributed by atoms with Crippen molar-refractivity contribution in [2.45, 2.75) is 25.9 Å². The van der Waals surface area contributed by atoms with Crippen LogP contribution in [0.1, 0.15) is 25.8 Å². The summed E-state index contributed by atoms with van der Waals surface area (Å²) in [7, 11) is 0. The first kappa shape index (κ1) is 12.1. The zero-order valence-corrected chi connectivity index (χ0v) is 9.26. The van der Waals surface area contributed by atoms with Crippen LogP contribution in [0.2, 0.25) is 0 Å². The third kappa shape index (κ3) is 3.61. The van der Waals surface area contributed by atoms with Crippen molar-refractivity contribution in [2.75, 3.05) is 13.1 Å². The highest BCUT2D eigenvalue weighted by Gasteiger charge is 2.21. The van der Waals surface area contributed by atoms with Gasteiger partial charge < -0.3 is 10.4 Å². The summed E-state index contributed by atoms with van der Waals surface area (Å²) in [4.78, 5) is 0.